The highest BCUT2D eigenvalue weighted by molar-refractivity contribution is 5.55. The number of hydrogen-bond donors (Lipinski definition) is 1. The van der Waals surface area contributed by atoms with Gasteiger partial charge in [-0.2, -0.15) is 9.97 Å². The van der Waals surface area contributed by atoms with E-state index in [1.807, 2.05) is 6.92 Å². The summed E-state index contributed by atoms with van der Waals surface area (Å²) in [5, 5.41) is 0. The standard InChI is InChI=1S/C14H26N4O2/c1-6-19-13-12(15)14(17-9-16-13)20-8-7-18(10(2)3)11(4)5/h9-11H,6-8,15H2,1-5H3. The molecule has 0 unspecified atom stereocenters. The largest absolute Gasteiger partial charge is 0.476 e. The second kappa shape index (κ2) is 7.89. The predicted molar refractivity (Wildman–Crippen MR) is 80.1 cm³/mol. The average molecular weight is 282 g/mol. The van der Waals surface area contributed by atoms with Gasteiger partial charge in [-0.3, -0.25) is 4.90 Å². The van der Waals surface area contributed by atoms with Crippen molar-refractivity contribution in [3.8, 4) is 11.8 Å². The molecule has 0 amide bonds. The van der Waals surface area contributed by atoms with E-state index in [1.165, 1.54) is 6.33 Å². The van der Waals surface area contributed by atoms with Crippen LogP contribution >= 0.6 is 0 Å². The van der Waals surface area contributed by atoms with Gasteiger partial charge in [0.05, 0.1) is 6.61 Å². The number of ether oxygens (including phenoxy) is 2. The Morgan fingerprint density at radius 3 is 2.15 bits per heavy atom. The lowest BCUT2D eigenvalue weighted by Crippen LogP contribution is -2.39. The van der Waals surface area contributed by atoms with Gasteiger partial charge in [0.1, 0.15) is 12.9 Å². The number of anilines is 1. The highest BCUT2D eigenvalue weighted by atomic mass is 16.5. The maximum atomic E-state index is 5.92. The molecule has 0 saturated carbocycles. The molecule has 1 rings (SSSR count). The van der Waals surface area contributed by atoms with Crippen molar-refractivity contribution in [1.82, 2.24) is 14.9 Å². The van der Waals surface area contributed by atoms with Gasteiger partial charge >= 0.3 is 0 Å². The highest BCUT2D eigenvalue weighted by Gasteiger charge is 2.14. The summed E-state index contributed by atoms with van der Waals surface area (Å²) in [4.78, 5) is 10.4. The predicted octanol–water partition coefficient (Wildman–Crippen LogP) is 1.96. The van der Waals surface area contributed by atoms with Crippen LogP contribution in [0.15, 0.2) is 6.33 Å². The van der Waals surface area contributed by atoms with Gasteiger partial charge in [0.15, 0.2) is 5.69 Å². The summed E-state index contributed by atoms with van der Waals surface area (Å²) in [5.74, 6) is 0.762. The third-order valence-corrected chi connectivity index (χ3v) is 3.01. The summed E-state index contributed by atoms with van der Waals surface area (Å²) in [6.45, 7) is 12.4. The van der Waals surface area contributed by atoms with Gasteiger partial charge in [-0.05, 0) is 34.6 Å². The van der Waals surface area contributed by atoms with E-state index in [2.05, 4.69) is 42.6 Å². The van der Waals surface area contributed by atoms with Crippen LogP contribution in [-0.2, 0) is 0 Å². The number of hydrogen-bond acceptors (Lipinski definition) is 6. The fraction of sp³-hybridized carbons (Fsp3) is 0.714. The summed E-state index contributed by atoms with van der Waals surface area (Å²) in [7, 11) is 0. The molecule has 1 aromatic rings. The first kappa shape index (κ1) is 16.5. The molecule has 20 heavy (non-hydrogen) atoms. The Labute approximate surface area is 121 Å². The lowest BCUT2D eigenvalue weighted by atomic mass is 10.2. The van der Waals surface area contributed by atoms with Crippen LogP contribution < -0.4 is 15.2 Å². The van der Waals surface area contributed by atoms with Crippen LogP contribution in [0.1, 0.15) is 34.6 Å². The van der Waals surface area contributed by atoms with Crippen LogP contribution in [0.3, 0.4) is 0 Å². The van der Waals surface area contributed by atoms with Crippen LogP contribution in [0.25, 0.3) is 0 Å². The zero-order valence-corrected chi connectivity index (χ0v) is 13.1. The Hall–Kier alpha value is -1.56. The molecule has 6 heteroatoms. The normalized spacial score (nSPS) is 11.4. The molecule has 0 aliphatic heterocycles. The van der Waals surface area contributed by atoms with Gasteiger partial charge in [-0.25, -0.2) is 0 Å². The summed E-state index contributed by atoms with van der Waals surface area (Å²) in [6, 6.07) is 0.945. The Balaban J connectivity index is 2.59. The number of rotatable bonds is 8. The lowest BCUT2D eigenvalue weighted by molar-refractivity contribution is 0.140. The molecule has 114 valence electrons. The van der Waals surface area contributed by atoms with Crippen molar-refractivity contribution < 1.29 is 9.47 Å². The van der Waals surface area contributed by atoms with Crippen molar-refractivity contribution >= 4 is 5.69 Å². The minimum Gasteiger partial charge on any atom is -0.476 e. The second-order valence-corrected chi connectivity index (χ2v) is 5.10. The molecule has 1 aromatic heterocycles. The molecule has 0 fully saturated rings. The lowest BCUT2D eigenvalue weighted by Gasteiger charge is -2.30. The monoisotopic (exact) mass is 282 g/mol. The first-order chi connectivity index (χ1) is 9.47. The van der Waals surface area contributed by atoms with E-state index in [1.54, 1.807) is 0 Å². The molecule has 0 spiro atoms. The second-order valence-electron chi connectivity index (χ2n) is 5.10. The molecule has 0 radical (unpaired) electrons. The fourth-order valence-corrected chi connectivity index (χ4v) is 2.09. The quantitative estimate of drug-likeness (QED) is 0.785. The Kier molecular flexibility index (Phi) is 6.51. The number of aromatic nitrogens is 2. The van der Waals surface area contributed by atoms with E-state index in [9.17, 15) is 0 Å². The van der Waals surface area contributed by atoms with Crippen molar-refractivity contribution in [1.29, 1.82) is 0 Å². The Morgan fingerprint density at radius 1 is 1.10 bits per heavy atom. The van der Waals surface area contributed by atoms with Crippen LogP contribution in [0.5, 0.6) is 11.8 Å². The minimum atomic E-state index is 0.356. The molecule has 0 aliphatic rings. The van der Waals surface area contributed by atoms with E-state index in [-0.39, 0.29) is 0 Å². The molecule has 1 heterocycles. The SMILES string of the molecule is CCOc1ncnc(OCCN(C(C)C)C(C)C)c1N. The van der Waals surface area contributed by atoms with E-state index in [4.69, 9.17) is 15.2 Å². The molecular formula is C14H26N4O2. The smallest absolute Gasteiger partial charge is 0.244 e. The summed E-state index contributed by atoms with van der Waals surface area (Å²) in [5.41, 5.74) is 6.27. The molecule has 0 atom stereocenters. The van der Waals surface area contributed by atoms with Crippen molar-refractivity contribution in [3.05, 3.63) is 6.33 Å². The van der Waals surface area contributed by atoms with Crippen molar-refractivity contribution in [3.63, 3.8) is 0 Å². The van der Waals surface area contributed by atoms with Crippen molar-refractivity contribution in [2.24, 2.45) is 0 Å². The van der Waals surface area contributed by atoms with Gasteiger partial charge in [-0.15, -0.1) is 0 Å². The zero-order chi connectivity index (χ0) is 15.1. The zero-order valence-electron chi connectivity index (χ0n) is 13.1. The molecule has 0 bridgehead atoms. The summed E-state index contributed by atoms with van der Waals surface area (Å²) in [6.07, 6.45) is 1.40. The third-order valence-electron chi connectivity index (χ3n) is 3.01. The van der Waals surface area contributed by atoms with Gasteiger partial charge in [0.2, 0.25) is 11.8 Å². The van der Waals surface area contributed by atoms with Crippen LogP contribution in [0.2, 0.25) is 0 Å². The van der Waals surface area contributed by atoms with Gasteiger partial charge in [-0.1, -0.05) is 0 Å². The van der Waals surface area contributed by atoms with Crippen LogP contribution in [0, 0.1) is 0 Å². The summed E-state index contributed by atoms with van der Waals surface area (Å²) >= 11 is 0. The van der Waals surface area contributed by atoms with E-state index in [0.29, 0.717) is 42.7 Å². The van der Waals surface area contributed by atoms with Gasteiger partial charge < -0.3 is 15.2 Å². The van der Waals surface area contributed by atoms with Gasteiger partial charge in [0.25, 0.3) is 0 Å². The molecule has 0 aromatic carbocycles. The maximum Gasteiger partial charge on any atom is 0.244 e. The first-order valence-corrected chi connectivity index (χ1v) is 7.09. The van der Waals surface area contributed by atoms with E-state index < -0.39 is 0 Å². The maximum absolute atomic E-state index is 5.92. The first-order valence-electron chi connectivity index (χ1n) is 7.09. The fourth-order valence-electron chi connectivity index (χ4n) is 2.09. The molecule has 2 N–H and O–H groups in total. The Bertz CT molecular complexity index is 402. The number of nitrogen functional groups attached to an aromatic ring is 1. The van der Waals surface area contributed by atoms with Crippen molar-refractivity contribution in [2.45, 2.75) is 46.7 Å². The summed E-state index contributed by atoms with van der Waals surface area (Å²) < 4.78 is 11.0. The minimum absolute atomic E-state index is 0.356. The van der Waals surface area contributed by atoms with Gasteiger partial charge in [0, 0.05) is 18.6 Å². The third kappa shape index (κ3) is 4.52. The topological polar surface area (TPSA) is 73.5 Å². The average Bonchev–Trinajstić information content (AvgIpc) is 2.38. The van der Waals surface area contributed by atoms with Crippen molar-refractivity contribution in [2.75, 3.05) is 25.5 Å². The molecular weight excluding hydrogens is 256 g/mol. The molecule has 6 nitrogen and oxygen atoms in total. The Morgan fingerprint density at radius 2 is 1.65 bits per heavy atom. The molecule has 0 aliphatic carbocycles. The number of nitrogens with zero attached hydrogens (tertiary/aromatic N) is 3. The highest BCUT2D eigenvalue weighted by Crippen LogP contribution is 2.26. The van der Waals surface area contributed by atoms with Crippen LogP contribution in [0.4, 0.5) is 5.69 Å². The number of nitrogens with two attached hydrogens (primary N) is 1. The van der Waals surface area contributed by atoms with E-state index in [0.717, 1.165) is 6.54 Å². The van der Waals surface area contributed by atoms with Crippen LogP contribution in [-0.4, -0.2) is 46.7 Å². The molecule has 0 saturated heterocycles. The van der Waals surface area contributed by atoms with E-state index >= 15 is 0 Å².